The molecular formula is C31H33F5N2O6S. The molecule has 14 heteroatoms. The first-order valence-electron chi connectivity index (χ1n) is 13.5. The first kappa shape index (κ1) is 35.3. The fraction of sp³-hybridized carbons (Fsp3) is 0.355. The van der Waals surface area contributed by atoms with Crippen LogP contribution in [0.5, 0.6) is 5.75 Å². The van der Waals surface area contributed by atoms with Crippen molar-refractivity contribution in [2.45, 2.75) is 65.6 Å². The van der Waals surface area contributed by atoms with Crippen molar-refractivity contribution >= 4 is 33.3 Å². The second-order valence-electron chi connectivity index (χ2n) is 12.5. The third kappa shape index (κ3) is 7.91. The number of nitrogens with one attached hydrogen (secondary N) is 1. The smallest absolute Gasteiger partial charge is 0.339 e. The minimum atomic E-state index is -5.08. The highest BCUT2D eigenvalue weighted by molar-refractivity contribution is 7.93. The van der Waals surface area contributed by atoms with Gasteiger partial charge in [-0.3, -0.25) is 9.52 Å². The summed E-state index contributed by atoms with van der Waals surface area (Å²) in [5.74, 6) is -13.7. The lowest BCUT2D eigenvalue weighted by atomic mass is 9.79. The monoisotopic (exact) mass is 656 g/mol. The number of carboxylic acid groups (broad SMARTS) is 1. The maximum absolute atomic E-state index is 14.4. The van der Waals surface area contributed by atoms with E-state index < -0.39 is 80.2 Å². The van der Waals surface area contributed by atoms with Crippen molar-refractivity contribution < 1.29 is 50.2 Å². The van der Waals surface area contributed by atoms with Crippen LogP contribution in [-0.4, -0.2) is 36.3 Å². The number of rotatable bonds is 9. The largest absolute Gasteiger partial charge is 0.507 e. The number of anilines is 2. The van der Waals surface area contributed by atoms with Crippen LogP contribution in [-0.2, 0) is 38.9 Å². The van der Waals surface area contributed by atoms with E-state index in [4.69, 9.17) is 0 Å². The fourth-order valence-corrected chi connectivity index (χ4v) is 5.38. The van der Waals surface area contributed by atoms with Crippen LogP contribution in [0.15, 0.2) is 36.4 Å². The van der Waals surface area contributed by atoms with Gasteiger partial charge in [0.1, 0.15) is 29.4 Å². The number of carbonyl (C=O) groups excluding carboxylic acids is 1. The first-order chi connectivity index (χ1) is 20.6. The molecular weight excluding hydrogens is 623 g/mol. The molecule has 0 unspecified atom stereocenters. The number of hydrogen-bond acceptors (Lipinski definition) is 5. The van der Waals surface area contributed by atoms with Crippen molar-refractivity contribution in [2.75, 3.05) is 15.4 Å². The lowest BCUT2D eigenvalue weighted by molar-refractivity contribution is -0.116. The number of nitrogens with zero attached hydrogens (tertiary/aromatic N) is 1. The number of aromatic carboxylic acids is 1. The number of carbonyl (C=O) groups is 2. The Morgan fingerprint density at radius 2 is 1.36 bits per heavy atom. The third-order valence-electron chi connectivity index (χ3n) is 6.95. The Morgan fingerprint density at radius 3 is 1.78 bits per heavy atom. The lowest BCUT2D eigenvalue weighted by Gasteiger charge is -2.28. The topological polar surface area (TPSA) is 124 Å². The molecule has 0 saturated carbocycles. The molecule has 3 N–H and O–H groups in total. The first-order valence-corrected chi connectivity index (χ1v) is 15.2. The second-order valence-corrected chi connectivity index (χ2v) is 14.2. The summed E-state index contributed by atoms with van der Waals surface area (Å²) in [5.41, 5.74) is -2.41. The molecule has 0 fully saturated rings. The lowest BCUT2D eigenvalue weighted by Crippen LogP contribution is -2.37. The van der Waals surface area contributed by atoms with Gasteiger partial charge in [0.2, 0.25) is 15.9 Å². The Labute approximate surface area is 257 Å². The third-order valence-corrected chi connectivity index (χ3v) is 8.09. The minimum Gasteiger partial charge on any atom is -0.507 e. The maximum atomic E-state index is 14.4. The summed E-state index contributed by atoms with van der Waals surface area (Å²) in [4.78, 5) is 25.9. The Kier molecular flexibility index (Phi) is 9.92. The summed E-state index contributed by atoms with van der Waals surface area (Å²) in [6.07, 6.45) is 0. The van der Waals surface area contributed by atoms with E-state index >= 15 is 0 Å². The van der Waals surface area contributed by atoms with Gasteiger partial charge in [-0.15, -0.1) is 0 Å². The van der Waals surface area contributed by atoms with Gasteiger partial charge in [-0.25, -0.2) is 35.2 Å². The maximum Gasteiger partial charge on any atom is 0.339 e. The van der Waals surface area contributed by atoms with Gasteiger partial charge in [0.05, 0.1) is 12.1 Å². The number of benzene rings is 3. The molecule has 8 nitrogen and oxygen atoms in total. The van der Waals surface area contributed by atoms with E-state index in [9.17, 15) is 50.2 Å². The molecule has 0 saturated heterocycles. The number of halogens is 5. The number of hydrogen-bond donors (Lipinski definition) is 3. The van der Waals surface area contributed by atoms with Crippen molar-refractivity contribution in [3.05, 3.63) is 87.5 Å². The average Bonchev–Trinajstić information content (AvgIpc) is 2.91. The van der Waals surface area contributed by atoms with Crippen LogP contribution >= 0.6 is 0 Å². The molecule has 0 heterocycles. The molecule has 0 spiro atoms. The highest BCUT2D eigenvalue weighted by atomic mass is 32.2. The van der Waals surface area contributed by atoms with Gasteiger partial charge in [-0.2, -0.15) is 0 Å². The van der Waals surface area contributed by atoms with E-state index in [0.717, 1.165) is 34.2 Å². The number of amides is 1. The molecule has 0 aliphatic carbocycles. The summed E-state index contributed by atoms with van der Waals surface area (Å²) < 4.78 is 97.1. The van der Waals surface area contributed by atoms with Crippen LogP contribution in [0.2, 0.25) is 0 Å². The predicted molar refractivity (Wildman–Crippen MR) is 159 cm³/mol. The molecule has 0 atom stereocenters. The average molecular weight is 657 g/mol. The van der Waals surface area contributed by atoms with Crippen LogP contribution < -0.4 is 9.62 Å². The number of aromatic hydroxyl groups is 1. The zero-order chi connectivity index (χ0) is 34.2. The summed E-state index contributed by atoms with van der Waals surface area (Å²) in [6, 6.07) is 8.65. The van der Waals surface area contributed by atoms with E-state index in [1.54, 1.807) is 12.1 Å². The van der Waals surface area contributed by atoms with Crippen molar-refractivity contribution in [1.29, 1.82) is 0 Å². The molecule has 0 aliphatic rings. The van der Waals surface area contributed by atoms with Crippen LogP contribution in [0, 0.1) is 23.3 Å². The van der Waals surface area contributed by atoms with Crippen molar-refractivity contribution in [3.63, 3.8) is 0 Å². The number of sulfonamides is 1. The van der Waals surface area contributed by atoms with Crippen LogP contribution in [0.25, 0.3) is 0 Å². The molecule has 3 rings (SSSR count). The SMILES string of the molecule is CC(C)(C)c1cc(CN(C(=O)CS(=O)(=O)Nc2c(F)c(F)c(CF)c(F)c2F)c2ccc(C(=O)O)c(O)c2)cc(C(C)(C)C)c1. The number of phenols is 1. The Balaban J connectivity index is 2.11. The standard InChI is InChI=1S/C31H33F5N2O6S/c1-30(2,3)17-9-16(10-18(11-17)31(4,5)6)14-38(19-7-8-20(29(41)42)22(39)12-19)23(40)15-45(43,44)37-28-26(35)24(33)21(13-32)25(34)27(28)36/h7-12,37,39H,13-15H2,1-6H3,(H,41,42). The predicted octanol–water partition coefficient (Wildman–Crippen LogP) is 6.69. The van der Waals surface area contributed by atoms with Gasteiger partial charge in [-0.05, 0) is 39.7 Å². The van der Waals surface area contributed by atoms with Gasteiger partial charge >= 0.3 is 5.97 Å². The highest BCUT2D eigenvalue weighted by Crippen LogP contribution is 2.33. The highest BCUT2D eigenvalue weighted by Gasteiger charge is 2.31. The Hall–Kier alpha value is -4.20. The van der Waals surface area contributed by atoms with Crippen molar-refractivity contribution in [2.24, 2.45) is 0 Å². The molecule has 244 valence electrons. The second kappa shape index (κ2) is 12.7. The fourth-order valence-electron chi connectivity index (χ4n) is 4.34. The van der Waals surface area contributed by atoms with Crippen molar-refractivity contribution in [1.82, 2.24) is 0 Å². The van der Waals surface area contributed by atoms with Crippen LogP contribution in [0.4, 0.5) is 33.3 Å². The van der Waals surface area contributed by atoms with Crippen LogP contribution in [0.1, 0.15) is 74.2 Å². The zero-order valence-electron chi connectivity index (χ0n) is 25.4. The van der Waals surface area contributed by atoms with Gasteiger partial charge in [0, 0.05) is 11.8 Å². The number of carboxylic acids is 1. The molecule has 1 amide bonds. The quantitative estimate of drug-likeness (QED) is 0.174. The summed E-state index contributed by atoms with van der Waals surface area (Å²) >= 11 is 0. The number of alkyl halides is 1. The molecule has 3 aromatic rings. The van der Waals surface area contributed by atoms with Gasteiger partial charge in [-0.1, -0.05) is 59.7 Å². The van der Waals surface area contributed by atoms with E-state index in [-0.39, 0.29) is 23.1 Å². The van der Waals surface area contributed by atoms with Crippen molar-refractivity contribution in [3.8, 4) is 5.75 Å². The summed E-state index contributed by atoms with van der Waals surface area (Å²) in [6.45, 7) is 9.58. The van der Waals surface area contributed by atoms with E-state index in [1.807, 2.05) is 47.6 Å². The van der Waals surface area contributed by atoms with E-state index in [0.29, 0.717) is 5.56 Å². The molecule has 0 bridgehead atoms. The van der Waals surface area contributed by atoms with E-state index in [2.05, 4.69) is 0 Å². The molecule has 0 aliphatic heterocycles. The Bertz CT molecular complexity index is 1700. The summed E-state index contributed by atoms with van der Waals surface area (Å²) in [7, 11) is -5.08. The molecule has 45 heavy (non-hydrogen) atoms. The van der Waals surface area contributed by atoms with Crippen LogP contribution in [0.3, 0.4) is 0 Å². The van der Waals surface area contributed by atoms with Gasteiger partial charge < -0.3 is 15.1 Å². The van der Waals surface area contributed by atoms with Gasteiger partial charge in [0.15, 0.2) is 23.3 Å². The zero-order valence-corrected chi connectivity index (χ0v) is 26.2. The Morgan fingerprint density at radius 1 is 0.844 bits per heavy atom. The normalized spacial score (nSPS) is 12.2. The summed E-state index contributed by atoms with van der Waals surface area (Å²) in [5, 5.41) is 19.6. The van der Waals surface area contributed by atoms with E-state index in [1.165, 1.54) is 4.72 Å². The molecule has 0 aromatic heterocycles. The molecule has 0 radical (unpaired) electrons. The molecule has 3 aromatic carbocycles. The minimum absolute atomic E-state index is 0.127. The van der Waals surface area contributed by atoms with Gasteiger partial charge in [0.25, 0.3) is 0 Å².